The van der Waals surface area contributed by atoms with Crippen molar-refractivity contribution in [1.82, 2.24) is 9.78 Å². The first-order valence-corrected chi connectivity index (χ1v) is 8.96. The number of hydrogen-bond donors (Lipinski definition) is 1. The van der Waals surface area contributed by atoms with Gasteiger partial charge in [0.15, 0.2) is 11.7 Å². The fourth-order valence-electron chi connectivity index (χ4n) is 3.31. The number of carbonyl (C=O) groups is 1. The van der Waals surface area contributed by atoms with Crippen LogP contribution in [-0.2, 0) is 16.5 Å². The van der Waals surface area contributed by atoms with Crippen molar-refractivity contribution in [2.24, 2.45) is 7.05 Å². The number of carbonyl (C=O) groups excluding carboxylic acids is 1. The monoisotopic (exact) mass is 404 g/mol. The number of benzene rings is 1. The fourth-order valence-corrected chi connectivity index (χ4v) is 3.31. The highest BCUT2D eigenvalue weighted by Crippen LogP contribution is 2.48. The van der Waals surface area contributed by atoms with Crippen LogP contribution < -0.4 is 15.0 Å². The summed E-state index contributed by atoms with van der Waals surface area (Å²) < 4.78 is 23.3. The third-order valence-electron chi connectivity index (χ3n) is 5.22. The normalized spacial score (nSPS) is 25.7. The van der Waals surface area contributed by atoms with E-state index in [0.717, 1.165) is 4.68 Å². The van der Waals surface area contributed by atoms with Crippen LogP contribution in [0.3, 0.4) is 0 Å². The van der Waals surface area contributed by atoms with Gasteiger partial charge >= 0.3 is 5.97 Å². The zero-order valence-electron chi connectivity index (χ0n) is 17.0. The van der Waals surface area contributed by atoms with E-state index in [1.165, 1.54) is 33.4 Å². The van der Waals surface area contributed by atoms with Gasteiger partial charge in [-0.1, -0.05) is 0 Å². The molecule has 1 aromatic heterocycles. The van der Waals surface area contributed by atoms with E-state index in [1.807, 2.05) is 0 Å². The lowest BCUT2D eigenvalue weighted by atomic mass is 9.76. The Labute approximate surface area is 167 Å². The number of methoxy groups -OCH3 is 2. The number of esters is 1. The van der Waals surface area contributed by atoms with Crippen LogP contribution in [0.25, 0.3) is 0 Å². The van der Waals surface area contributed by atoms with Crippen LogP contribution in [0, 0.1) is 0 Å². The second-order valence-electron chi connectivity index (χ2n) is 7.29. The smallest absolute Gasteiger partial charge is 0.337 e. The standard InChI is InChI=1S/C20H24N2O7/c1-19(11-26-4)20(2,25)17(28-15-8-9-16(23)22(3)21-15)13-10-12(18(24)27-5)6-7-14(13)29-19/h6-10,17,25H,11H2,1-5H3. The minimum absolute atomic E-state index is 0.0821. The Balaban J connectivity index is 2.14. The van der Waals surface area contributed by atoms with Gasteiger partial charge in [0.05, 0.1) is 19.3 Å². The molecule has 3 unspecified atom stereocenters. The van der Waals surface area contributed by atoms with Gasteiger partial charge in [0.1, 0.15) is 11.4 Å². The fraction of sp³-hybridized carbons (Fsp3) is 0.450. The summed E-state index contributed by atoms with van der Waals surface area (Å²) >= 11 is 0. The maximum atomic E-state index is 12.0. The molecule has 2 aromatic rings. The molecule has 9 nitrogen and oxygen atoms in total. The highest BCUT2D eigenvalue weighted by Gasteiger charge is 2.57. The molecule has 0 radical (unpaired) electrons. The minimum atomic E-state index is -1.58. The average molecular weight is 404 g/mol. The van der Waals surface area contributed by atoms with Crippen LogP contribution in [0.15, 0.2) is 35.1 Å². The van der Waals surface area contributed by atoms with Crippen LogP contribution in [0.5, 0.6) is 11.6 Å². The number of fused-ring (bicyclic) bond motifs is 1. The molecule has 0 saturated carbocycles. The van der Waals surface area contributed by atoms with E-state index < -0.39 is 23.3 Å². The molecule has 1 aliphatic heterocycles. The van der Waals surface area contributed by atoms with Crippen LogP contribution in [0.1, 0.15) is 35.9 Å². The predicted octanol–water partition coefficient (Wildman–Crippen LogP) is 1.24. The summed E-state index contributed by atoms with van der Waals surface area (Å²) in [5.74, 6) is 0.0312. The molecule has 1 N–H and O–H groups in total. The molecular weight excluding hydrogens is 380 g/mol. The lowest BCUT2D eigenvalue weighted by Gasteiger charge is -2.50. The zero-order valence-corrected chi connectivity index (χ0v) is 17.0. The van der Waals surface area contributed by atoms with Crippen LogP contribution in [0.4, 0.5) is 0 Å². The van der Waals surface area contributed by atoms with Gasteiger partial charge in [-0.05, 0) is 32.0 Å². The molecule has 1 aromatic carbocycles. The molecular formula is C20H24N2O7. The molecule has 1 aliphatic rings. The third kappa shape index (κ3) is 3.58. The van der Waals surface area contributed by atoms with Gasteiger partial charge in [-0.2, -0.15) is 0 Å². The summed E-state index contributed by atoms with van der Waals surface area (Å²) in [7, 11) is 4.28. The third-order valence-corrected chi connectivity index (χ3v) is 5.22. The number of aromatic nitrogens is 2. The maximum Gasteiger partial charge on any atom is 0.337 e. The molecule has 0 aliphatic carbocycles. The number of aliphatic hydroxyl groups is 1. The number of nitrogens with zero attached hydrogens (tertiary/aromatic N) is 2. The van der Waals surface area contributed by atoms with Crippen molar-refractivity contribution in [2.45, 2.75) is 31.2 Å². The SMILES string of the molecule is COCC1(C)Oc2ccc(C(=O)OC)cc2C(Oc2ccc(=O)n(C)n2)C1(C)O. The minimum Gasteiger partial charge on any atom is -0.482 e. The Kier molecular flexibility index (Phi) is 5.38. The summed E-state index contributed by atoms with van der Waals surface area (Å²) in [4.78, 5) is 23.6. The lowest BCUT2D eigenvalue weighted by Crippen LogP contribution is -2.63. The van der Waals surface area contributed by atoms with Crippen molar-refractivity contribution in [3.63, 3.8) is 0 Å². The summed E-state index contributed by atoms with van der Waals surface area (Å²) in [6.45, 7) is 3.35. The average Bonchev–Trinajstić information content (AvgIpc) is 2.67. The van der Waals surface area contributed by atoms with Gasteiger partial charge in [-0.25, -0.2) is 9.48 Å². The summed E-state index contributed by atoms with van der Waals surface area (Å²) in [5, 5.41) is 15.5. The quantitative estimate of drug-likeness (QED) is 0.742. The highest BCUT2D eigenvalue weighted by atomic mass is 16.6. The Morgan fingerprint density at radius 1 is 1.28 bits per heavy atom. The van der Waals surface area contributed by atoms with Gasteiger partial charge in [0.25, 0.3) is 5.56 Å². The Morgan fingerprint density at radius 3 is 2.62 bits per heavy atom. The largest absolute Gasteiger partial charge is 0.482 e. The second-order valence-corrected chi connectivity index (χ2v) is 7.29. The molecule has 0 amide bonds. The van der Waals surface area contributed by atoms with Crippen LogP contribution in [0.2, 0.25) is 0 Å². The molecule has 0 saturated heterocycles. The van der Waals surface area contributed by atoms with E-state index in [2.05, 4.69) is 5.10 Å². The highest BCUT2D eigenvalue weighted by molar-refractivity contribution is 5.89. The molecule has 9 heteroatoms. The number of rotatable bonds is 5. The van der Waals surface area contributed by atoms with E-state index in [0.29, 0.717) is 11.3 Å². The molecule has 0 fully saturated rings. The molecule has 3 atom stereocenters. The van der Waals surface area contributed by atoms with E-state index >= 15 is 0 Å². The van der Waals surface area contributed by atoms with Gasteiger partial charge in [0, 0.05) is 31.9 Å². The maximum absolute atomic E-state index is 12.0. The first kappa shape index (κ1) is 20.8. The molecule has 0 bridgehead atoms. The van der Waals surface area contributed by atoms with E-state index in [9.17, 15) is 14.7 Å². The summed E-state index contributed by atoms with van der Waals surface area (Å²) in [5.41, 5.74) is -2.31. The van der Waals surface area contributed by atoms with Gasteiger partial charge in [-0.3, -0.25) is 4.79 Å². The summed E-state index contributed by atoms with van der Waals surface area (Å²) in [6.07, 6.45) is -0.971. The van der Waals surface area contributed by atoms with Crippen molar-refractivity contribution >= 4 is 5.97 Å². The topological polar surface area (TPSA) is 109 Å². The molecule has 29 heavy (non-hydrogen) atoms. The predicted molar refractivity (Wildman–Crippen MR) is 102 cm³/mol. The molecule has 156 valence electrons. The van der Waals surface area contributed by atoms with Gasteiger partial charge < -0.3 is 24.1 Å². The van der Waals surface area contributed by atoms with Crippen molar-refractivity contribution < 1.29 is 28.8 Å². The van der Waals surface area contributed by atoms with Gasteiger partial charge in [-0.15, -0.1) is 5.10 Å². The van der Waals surface area contributed by atoms with Crippen LogP contribution in [-0.4, -0.2) is 52.9 Å². The van der Waals surface area contributed by atoms with Gasteiger partial charge in [0.2, 0.25) is 5.88 Å². The Morgan fingerprint density at radius 2 is 2.00 bits per heavy atom. The zero-order chi connectivity index (χ0) is 21.4. The number of ether oxygens (including phenoxy) is 4. The van der Waals surface area contributed by atoms with Crippen molar-refractivity contribution in [3.05, 3.63) is 51.8 Å². The Bertz CT molecular complexity index is 985. The Hall–Kier alpha value is -2.91. The second kappa shape index (κ2) is 7.49. The first-order chi connectivity index (χ1) is 13.6. The van der Waals surface area contributed by atoms with Crippen molar-refractivity contribution in [3.8, 4) is 11.6 Å². The van der Waals surface area contributed by atoms with Crippen LogP contribution >= 0.6 is 0 Å². The first-order valence-electron chi connectivity index (χ1n) is 8.96. The van der Waals surface area contributed by atoms with E-state index in [-0.39, 0.29) is 23.6 Å². The lowest BCUT2D eigenvalue weighted by molar-refractivity contribution is -0.200. The molecule has 3 rings (SSSR count). The van der Waals surface area contributed by atoms with Crippen molar-refractivity contribution in [1.29, 1.82) is 0 Å². The van der Waals surface area contributed by atoms with E-state index in [1.54, 1.807) is 32.0 Å². The molecule has 0 spiro atoms. The summed E-state index contributed by atoms with van der Waals surface area (Å²) in [6, 6.07) is 7.48. The number of hydrogen-bond acceptors (Lipinski definition) is 8. The van der Waals surface area contributed by atoms with Crippen molar-refractivity contribution in [2.75, 3.05) is 20.8 Å². The van der Waals surface area contributed by atoms with E-state index in [4.69, 9.17) is 18.9 Å². The molecule has 2 heterocycles. The number of aryl methyl sites for hydroxylation is 1.